The highest BCUT2D eigenvalue weighted by atomic mass is 16.8. The lowest BCUT2D eigenvalue weighted by molar-refractivity contribution is -0.398. The Morgan fingerprint density at radius 3 is 1.84 bits per heavy atom. The molecule has 63 heavy (non-hydrogen) atoms. The lowest BCUT2D eigenvalue weighted by atomic mass is 9.95. The third-order valence-electron chi connectivity index (χ3n) is 10.7. The summed E-state index contributed by atoms with van der Waals surface area (Å²) in [6.45, 7) is 4.21. The largest absolute Gasteiger partial charge is 0.464 e. The number of carbonyl (C=O) groups is 3. The third-order valence-corrected chi connectivity index (χ3v) is 10.7. The Labute approximate surface area is 366 Å². The van der Waals surface area contributed by atoms with Crippen LogP contribution in [0.25, 0.3) is 0 Å². The molecule has 0 unspecified atom stereocenters. The lowest BCUT2D eigenvalue weighted by Crippen LogP contribution is -2.67. The summed E-state index contributed by atoms with van der Waals surface area (Å²) in [5.41, 5.74) is 2.88. The van der Waals surface area contributed by atoms with Crippen LogP contribution in [0.4, 0.5) is 0 Å². The maximum absolute atomic E-state index is 13.9. The number of methoxy groups -OCH3 is 1. The van der Waals surface area contributed by atoms with Crippen molar-refractivity contribution in [1.29, 1.82) is 0 Å². The molecule has 0 N–H and O–H groups in total. The van der Waals surface area contributed by atoms with E-state index in [9.17, 15) is 14.4 Å². The maximum Gasteiger partial charge on any atom is 0.339 e. The minimum absolute atomic E-state index is 0.0464. The second-order valence-corrected chi connectivity index (χ2v) is 15.1. The molecule has 4 aromatic rings. The van der Waals surface area contributed by atoms with Crippen molar-refractivity contribution in [2.24, 2.45) is 0 Å². The van der Waals surface area contributed by atoms with Crippen molar-refractivity contribution in [2.75, 3.05) is 26.9 Å². The second kappa shape index (κ2) is 22.5. The zero-order valence-electron chi connectivity index (χ0n) is 35.6. The molecule has 12 atom stereocenters. The summed E-state index contributed by atoms with van der Waals surface area (Å²) in [5.74, 6) is -1.98. The Morgan fingerprint density at radius 2 is 1.25 bits per heavy atom. The van der Waals surface area contributed by atoms with Gasteiger partial charge in [-0.15, -0.1) is 0 Å². The number of esters is 3. The summed E-state index contributed by atoms with van der Waals surface area (Å²) in [7, 11) is 1.49. The van der Waals surface area contributed by atoms with Crippen LogP contribution >= 0.6 is 0 Å². The molecule has 336 valence electrons. The van der Waals surface area contributed by atoms with Crippen LogP contribution in [0.3, 0.4) is 0 Å². The van der Waals surface area contributed by atoms with Crippen molar-refractivity contribution in [1.82, 2.24) is 0 Å². The van der Waals surface area contributed by atoms with Gasteiger partial charge in [-0.2, -0.15) is 0 Å². The molecular weight excluding hydrogens is 817 g/mol. The predicted octanol–water partition coefficient (Wildman–Crippen LogP) is 5.94. The molecule has 3 fully saturated rings. The van der Waals surface area contributed by atoms with Gasteiger partial charge in [0.2, 0.25) is 0 Å². The van der Waals surface area contributed by atoms with Crippen LogP contribution in [0.1, 0.15) is 55.4 Å². The standard InChI is InChI=1S/C48H54O15/c1-5-53-45(51)38(34-22-14-8-15-23-34)61-44-41(58-31(3)50)39(55-26-32-18-10-6-11-19-32)36(28-54-30(2)49)60-48(44)63-42-40-37(29-57-46(62-40)35-24-16-9-17-25-35)59-47(52-4)43(42)56-27-33-20-12-7-13-21-33/h6-25,36-44,46-48H,5,26-29H2,1-4H3/t36-,37-,38-,39-,40-,41+,42+,43-,44-,46-,47+,48-/m1/s1. The minimum Gasteiger partial charge on any atom is -0.464 e. The number of fused-ring (bicyclic) bond motifs is 1. The molecule has 0 aromatic heterocycles. The number of hydrogen-bond donors (Lipinski definition) is 0. The minimum atomic E-state index is -1.49. The number of rotatable bonds is 18. The molecule has 3 heterocycles. The van der Waals surface area contributed by atoms with Crippen LogP contribution in [0.15, 0.2) is 121 Å². The highest BCUT2D eigenvalue weighted by Crippen LogP contribution is 2.40. The van der Waals surface area contributed by atoms with Crippen LogP contribution in [0.5, 0.6) is 0 Å². The van der Waals surface area contributed by atoms with E-state index in [0.717, 1.165) is 16.7 Å². The van der Waals surface area contributed by atoms with E-state index < -0.39 is 91.7 Å². The second-order valence-electron chi connectivity index (χ2n) is 15.1. The summed E-state index contributed by atoms with van der Waals surface area (Å²) >= 11 is 0. The summed E-state index contributed by atoms with van der Waals surface area (Å²) in [4.78, 5) is 39.4. The molecule has 0 bridgehead atoms. The number of benzene rings is 4. The predicted molar refractivity (Wildman–Crippen MR) is 222 cm³/mol. The first-order valence-corrected chi connectivity index (χ1v) is 21.0. The fourth-order valence-corrected chi connectivity index (χ4v) is 7.80. The zero-order chi connectivity index (χ0) is 44.1. The highest BCUT2D eigenvalue weighted by Gasteiger charge is 2.57. The number of ether oxygens (including phenoxy) is 12. The van der Waals surface area contributed by atoms with E-state index in [1.807, 2.05) is 91.0 Å². The summed E-state index contributed by atoms with van der Waals surface area (Å²) in [6, 6.07) is 37.1. The van der Waals surface area contributed by atoms with Crippen LogP contribution in [-0.2, 0) is 84.4 Å². The quantitative estimate of drug-likeness (QED) is 0.0853. The molecular formula is C48H54O15. The molecule has 4 aromatic carbocycles. The van der Waals surface area contributed by atoms with Gasteiger partial charge >= 0.3 is 17.9 Å². The first kappa shape index (κ1) is 45.9. The van der Waals surface area contributed by atoms with Gasteiger partial charge in [0, 0.05) is 26.5 Å². The summed E-state index contributed by atoms with van der Waals surface area (Å²) in [5, 5.41) is 0. The smallest absolute Gasteiger partial charge is 0.339 e. The molecule has 0 aliphatic carbocycles. The average Bonchev–Trinajstić information content (AvgIpc) is 3.30. The van der Waals surface area contributed by atoms with E-state index in [1.54, 1.807) is 37.3 Å². The molecule has 0 radical (unpaired) electrons. The third kappa shape index (κ3) is 11.9. The van der Waals surface area contributed by atoms with Crippen molar-refractivity contribution in [3.05, 3.63) is 144 Å². The van der Waals surface area contributed by atoms with E-state index >= 15 is 0 Å². The van der Waals surface area contributed by atoms with Crippen LogP contribution in [-0.4, -0.2) is 106 Å². The molecule has 0 spiro atoms. The van der Waals surface area contributed by atoms with Crippen molar-refractivity contribution >= 4 is 17.9 Å². The molecule has 3 aliphatic rings. The van der Waals surface area contributed by atoms with Gasteiger partial charge < -0.3 is 56.8 Å². The van der Waals surface area contributed by atoms with Crippen LogP contribution in [0, 0.1) is 0 Å². The fourth-order valence-electron chi connectivity index (χ4n) is 7.80. The normalized spacial score (nSPS) is 28.5. The molecule has 7 rings (SSSR count). The molecule has 15 nitrogen and oxygen atoms in total. The van der Waals surface area contributed by atoms with Gasteiger partial charge in [0.05, 0.1) is 26.4 Å². The van der Waals surface area contributed by atoms with E-state index in [0.29, 0.717) is 5.56 Å². The van der Waals surface area contributed by atoms with Crippen LogP contribution < -0.4 is 0 Å². The zero-order valence-corrected chi connectivity index (χ0v) is 35.6. The van der Waals surface area contributed by atoms with Gasteiger partial charge in [-0.1, -0.05) is 121 Å². The SMILES string of the molecule is CCOC(=O)[C@H](O[C@H]1[C@@H](O[C@@H]2[C@@H](OCc3ccccc3)[C@@H](OC)O[C@@H]3CO[C@@H](c4ccccc4)O[C@@H]23)O[C@H](COC(C)=O)[C@@H](OCc2ccccc2)[C@@H]1OC(C)=O)c1ccccc1. The maximum atomic E-state index is 13.9. The van der Waals surface area contributed by atoms with E-state index in [4.69, 9.17) is 56.8 Å². The number of hydrogen-bond acceptors (Lipinski definition) is 15. The monoisotopic (exact) mass is 870 g/mol. The molecule has 3 aliphatic heterocycles. The molecule has 15 heteroatoms. The molecule has 0 saturated carbocycles. The Kier molecular flexibility index (Phi) is 16.4. The highest BCUT2D eigenvalue weighted by molar-refractivity contribution is 5.76. The van der Waals surface area contributed by atoms with Gasteiger partial charge in [-0.25, -0.2) is 4.79 Å². The number of carbonyl (C=O) groups excluding carboxylic acids is 3. The molecule has 0 amide bonds. The summed E-state index contributed by atoms with van der Waals surface area (Å²) < 4.78 is 76.3. The van der Waals surface area contributed by atoms with E-state index in [-0.39, 0.29) is 33.0 Å². The van der Waals surface area contributed by atoms with Gasteiger partial charge in [0.1, 0.15) is 49.3 Å². The van der Waals surface area contributed by atoms with Gasteiger partial charge in [0.25, 0.3) is 0 Å². The lowest BCUT2D eigenvalue weighted by Gasteiger charge is -2.51. The topological polar surface area (TPSA) is 162 Å². The van der Waals surface area contributed by atoms with Crippen molar-refractivity contribution in [2.45, 2.75) is 108 Å². The Morgan fingerprint density at radius 1 is 0.651 bits per heavy atom. The molecule has 3 saturated heterocycles. The first-order valence-electron chi connectivity index (χ1n) is 21.0. The first-order chi connectivity index (χ1) is 30.7. The van der Waals surface area contributed by atoms with Gasteiger partial charge in [-0.3, -0.25) is 9.59 Å². The Hall–Kier alpha value is -5.07. The van der Waals surface area contributed by atoms with E-state index in [1.165, 1.54) is 21.0 Å². The van der Waals surface area contributed by atoms with Crippen molar-refractivity contribution in [3.8, 4) is 0 Å². The van der Waals surface area contributed by atoms with Crippen LogP contribution in [0.2, 0.25) is 0 Å². The summed E-state index contributed by atoms with van der Waals surface area (Å²) in [6.07, 6.45) is -13.2. The van der Waals surface area contributed by atoms with Crippen molar-refractivity contribution in [3.63, 3.8) is 0 Å². The van der Waals surface area contributed by atoms with E-state index in [2.05, 4.69) is 0 Å². The Balaban J connectivity index is 1.32. The average molecular weight is 871 g/mol. The van der Waals surface area contributed by atoms with Gasteiger partial charge in [-0.05, 0) is 23.6 Å². The van der Waals surface area contributed by atoms with Crippen molar-refractivity contribution < 1.29 is 71.2 Å². The van der Waals surface area contributed by atoms with Gasteiger partial charge in [0.15, 0.2) is 31.1 Å². The Bertz CT molecular complexity index is 2020. The fraction of sp³-hybridized carbons (Fsp3) is 0.438.